The number of urea groups is 1. The standard InChI is InChI=1S/C16H15F3N2O3S/c1-9-3-6-13(12(17)7-9)20-16(22)21-14-8-11(5-4-10(14)2)25(23,24)15(18)19/h3-8,15H,1-2H3,(H2,20,21,22). The van der Waals surface area contributed by atoms with E-state index in [1.54, 1.807) is 19.9 Å². The Hall–Kier alpha value is -2.55. The van der Waals surface area contributed by atoms with Gasteiger partial charge in [-0.25, -0.2) is 17.6 Å². The molecule has 0 aromatic heterocycles. The van der Waals surface area contributed by atoms with Gasteiger partial charge in [0.2, 0.25) is 9.84 Å². The molecule has 0 spiro atoms. The number of hydrogen-bond donors (Lipinski definition) is 2. The zero-order valence-electron chi connectivity index (χ0n) is 13.3. The summed E-state index contributed by atoms with van der Waals surface area (Å²) in [5.41, 5.74) is 1.07. The van der Waals surface area contributed by atoms with Crippen LogP contribution in [-0.2, 0) is 9.84 Å². The van der Waals surface area contributed by atoms with E-state index in [0.717, 1.165) is 12.1 Å². The highest BCUT2D eigenvalue weighted by molar-refractivity contribution is 7.91. The maximum absolute atomic E-state index is 13.7. The van der Waals surface area contributed by atoms with E-state index in [4.69, 9.17) is 0 Å². The van der Waals surface area contributed by atoms with E-state index in [1.807, 2.05) is 0 Å². The highest BCUT2D eigenvalue weighted by Crippen LogP contribution is 2.24. The highest BCUT2D eigenvalue weighted by atomic mass is 32.2. The quantitative estimate of drug-likeness (QED) is 0.849. The van der Waals surface area contributed by atoms with Gasteiger partial charge in [0.15, 0.2) is 0 Å². The van der Waals surface area contributed by atoms with Gasteiger partial charge >= 0.3 is 11.8 Å². The zero-order valence-corrected chi connectivity index (χ0v) is 14.1. The van der Waals surface area contributed by atoms with Gasteiger partial charge in [-0.3, -0.25) is 0 Å². The third kappa shape index (κ3) is 4.30. The molecule has 2 rings (SSSR count). The van der Waals surface area contributed by atoms with Gasteiger partial charge in [0.1, 0.15) is 5.82 Å². The monoisotopic (exact) mass is 372 g/mol. The SMILES string of the molecule is Cc1ccc(NC(=O)Nc2cc(S(=O)(=O)C(F)F)ccc2C)c(F)c1. The van der Waals surface area contributed by atoms with Crippen molar-refractivity contribution in [3.63, 3.8) is 0 Å². The first-order valence-corrected chi connectivity index (χ1v) is 8.63. The average Bonchev–Trinajstić information content (AvgIpc) is 2.52. The maximum Gasteiger partial charge on any atom is 0.341 e. The van der Waals surface area contributed by atoms with Crippen LogP contribution in [0.1, 0.15) is 11.1 Å². The summed E-state index contributed by atoms with van der Waals surface area (Å²) in [5, 5.41) is 4.60. The van der Waals surface area contributed by atoms with E-state index in [-0.39, 0.29) is 11.4 Å². The molecule has 9 heteroatoms. The lowest BCUT2D eigenvalue weighted by Crippen LogP contribution is -2.21. The second kappa shape index (κ2) is 7.14. The number of anilines is 2. The van der Waals surface area contributed by atoms with Gasteiger partial charge in [-0.1, -0.05) is 12.1 Å². The van der Waals surface area contributed by atoms with E-state index < -0.39 is 32.3 Å². The molecular formula is C16H15F3N2O3S. The molecule has 0 saturated heterocycles. The Morgan fingerprint density at radius 1 is 1.00 bits per heavy atom. The summed E-state index contributed by atoms with van der Waals surface area (Å²) in [7, 11) is -4.79. The third-order valence-corrected chi connectivity index (χ3v) is 4.77. The normalized spacial score (nSPS) is 11.4. The molecule has 0 aliphatic rings. The molecule has 2 N–H and O–H groups in total. The minimum atomic E-state index is -4.79. The van der Waals surface area contributed by atoms with Gasteiger partial charge in [-0.2, -0.15) is 8.78 Å². The first-order chi connectivity index (χ1) is 11.6. The predicted octanol–water partition coefficient (Wildman–Crippen LogP) is 4.08. The van der Waals surface area contributed by atoms with Gasteiger partial charge in [0.25, 0.3) is 0 Å². The molecule has 2 amide bonds. The van der Waals surface area contributed by atoms with Crippen LogP contribution < -0.4 is 10.6 Å². The molecule has 134 valence electrons. The van der Waals surface area contributed by atoms with Crippen LogP contribution in [0, 0.1) is 19.7 Å². The Labute approximate surface area is 142 Å². The number of benzene rings is 2. The van der Waals surface area contributed by atoms with Crippen LogP contribution in [0.2, 0.25) is 0 Å². The minimum absolute atomic E-state index is 0.0201. The van der Waals surface area contributed by atoms with Crippen molar-refractivity contribution in [1.29, 1.82) is 0 Å². The molecule has 5 nitrogen and oxygen atoms in total. The smallest absolute Gasteiger partial charge is 0.307 e. The van der Waals surface area contributed by atoms with Gasteiger partial charge < -0.3 is 10.6 Å². The van der Waals surface area contributed by atoms with Crippen molar-refractivity contribution >= 4 is 27.2 Å². The Kier molecular flexibility index (Phi) is 5.36. The molecule has 0 saturated carbocycles. The van der Waals surface area contributed by atoms with Crippen molar-refractivity contribution in [3.8, 4) is 0 Å². The Morgan fingerprint density at radius 2 is 1.64 bits per heavy atom. The van der Waals surface area contributed by atoms with Gasteiger partial charge in [-0.05, 0) is 49.2 Å². The topological polar surface area (TPSA) is 75.3 Å². The van der Waals surface area contributed by atoms with Crippen LogP contribution >= 0.6 is 0 Å². The fourth-order valence-electron chi connectivity index (χ4n) is 2.01. The summed E-state index contributed by atoms with van der Waals surface area (Å²) in [5.74, 6) is -4.21. The number of sulfone groups is 1. The molecule has 2 aromatic rings. The number of amides is 2. The van der Waals surface area contributed by atoms with Crippen LogP contribution in [0.15, 0.2) is 41.3 Å². The minimum Gasteiger partial charge on any atom is -0.307 e. The van der Waals surface area contributed by atoms with Gasteiger partial charge in [0, 0.05) is 5.69 Å². The third-order valence-electron chi connectivity index (χ3n) is 3.39. The molecule has 0 atom stereocenters. The first-order valence-electron chi connectivity index (χ1n) is 7.08. The summed E-state index contributed by atoms with van der Waals surface area (Å²) in [6, 6.07) is 6.61. The van der Waals surface area contributed by atoms with Crippen molar-refractivity contribution in [2.75, 3.05) is 10.6 Å². The number of hydrogen-bond acceptors (Lipinski definition) is 3. The molecule has 0 heterocycles. The fraction of sp³-hybridized carbons (Fsp3) is 0.188. The highest BCUT2D eigenvalue weighted by Gasteiger charge is 2.27. The van der Waals surface area contributed by atoms with Crippen LogP contribution in [-0.4, -0.2) is 20.2 Å². The maximum atomic E-state index is 13.7. The van der Waals surface area contributed by atoms with Crippen LogP contribution in [0.4, 0.5) is 29.3 Å². The lowest BCUT2D eigenvalue weighted by molar-refractivity contribution is 0.235. The summed E-state index contributed by atoms with van der Waals surface area (Å²) < 4.78 is 62.0. The van der Waals surface area contributed by atoms with Gasteiger partial charge in [0.05, 0.1) is 10.6 Å². The van der Waals surface area contributed by atoms with Crippen LogP contribution in [0.5, 0.6) is 0 Å². The Morgan fingerprint density at radius 3 is 2.24 bits per heavy atom. The summed E-state index contributed by atoms with van der Waals surface area (Å²) in [6.45, 7) is 3.24. The molecule has 0 fully saturated rings. The summed E-state index contributed by atoms with van der Waals surface area (Å²) in [6.07, 6.45) is 0. The number of nitrogens with one attached hydrogen (secondary N) is 2. The van der Waals surface area contributed by atoms with Crippen LogP contribution in [0.25, 0.3) is 0 Å². The molecule has 0 unspecified atom stereocenters. The van der Waals surface area contributed by atoms with Crippen molar-refractivity contribution in [2.24, 2.45) is 0 Å². The molecule has 25 heavy (non-hydrogen) atoms. The molecule has 2 aromatic carbocycles. The summed E-state index contributed by atoms with van der Waals surface area (Å²) in [4.78, 5) is 11.4. The van der Waals surface area contributed by atoms with E-state index in [9.17, 15) is 26.4 Å². The molecular weight excluding hydrogens is 357 g/mol. The van der Waals surface area contributed by atoms with Gasteiger partial charge in [-0.15, -0.1) is 0 Å². The first kappa shape index (κ1) is 18.8. The van der Waals surface area contributed by atoms with E-state index in [1.165, 1.54) is 18.2 Å². The zero-order chi connectivity index (χ0) is 18.8. The molecule has 0 radical (unpaired) electrons. The fourth-order valence-corrected chi connectivity index (χ4v) is 2.76. The lowest BCUT2D eigenvalue weighted by atomic mass is 10.2. The number of rotatable bonds is 4. The average molecular weight is 372 g/mol. The largest absolute Gasteiger partial charge is 0.341 e. The number of alkyl halides is 2. The molecule has 0 bridgehead atoms. The lowest BCUT2D eigenvalue weighted by Gasteiger charge is -2.12. The van der Waals surface area contributed by atoms with Crippen molar-refractivity contribution < 1.29 is 26.4 Å². The predicted molar refractivity (Wildman–Crippen MR) is 88.1 cm³/mol. The molecule has 0 aliphatic carbocycles. The number of carbonyl (C=O) groups is 1. The van der Waals surface area contributed by atoms with Crippen molar-refractivity contribution in [2.45, 2.75) is 24.5 Å². The van der Waals surface area contributed by atoms with E-state index in [2.05, 4.69) is 10.6 Å². The number of carbonyl (C=O) groups excluding carboxylic acids is 1. The van der Waals surface area contributed by atoms with Crippen molar-refractivity contribution in [1.82, 2.24) is 0 Å². The molecule has 0 aliphatic heterocycles. The Bertz CT molecular complexity index is 915. The number of aryl methyl sites for hydroxylation is 2. The van der Waals surface area contributed by atoms with Crippen molar-refractivity contribution in [3.05, 3.63) is 53.3 Å². The second-order valence-corrected chi connectivity index (χ2v) is 7.26. The second-order valence-electron chi connectivity index (χ2n) is 5.34. The van der Waals surface area contributed by atoms with E-state index >= 15 is 0 Å². The van der Waals surface area contributed by atoms with Crippen LogP contribution in [0.3, 0.4) is 0 Å². The number of halogens is 3. The summed E-state index contributed by atoms with van der Waals surface area (Å²) >= 11 is 0. The Balaban J connectivity index is 2.23. The van der Waals surface area contributed by atoms with E-state index in [0.29, 0.717) is 11.1 Å².